The maximum Gasteiger partial charge on any atom is 0.281 e. The summed E-state index contributed by atoms with van der Waals surface area (Å²) in [5, 5.41) is 17.1. The van der Waals surface area contributed by atoms with Crippen LogP contribution in [0.3, 0.4) is 0 Å². The largest absolute Gasteiger partial charge is 0.482 e. The molecule has 3 heterocycles. The molecule has 134 valence electrons. The van der Waals surface area contributed by atoms with E-state index in [1.165, 1.54) is 5.01 Å². The molecule has 0 spiro atoms. The van der Waals surface area contributed by atoms with Crippen LogP contribution in [0.4, 0.5) is 0 Å². The smallest absolute Gasteiger partial charge is 0.281 e. The van der Waals surface area contributed by atoms with Crippen LogP contribution < -0.4 is 4.74 Å². The summed E-state index contributed by atoms with van der Waals surface area (Å²) in [5.41, 5.74) is 1.12. The summed E-state index contributed by atoms with van der Waals surface area (Å²) in [5.74, 6) is 0.765. The number of rotatable bonds is 5. The van der Waals surface area contributed by atoms with Gasteiger partial charge in [0.25, 0.3) is 5.91 Å². The van der Waals surface area contributed by atoms with Crippen molar-refractivity contribution in [1.82, 2.24) is 5.01 Å². The molecule has 6 nitrogen and oxygen atoms in total. The number of nitrogens with zero attached hydrogens (tertiary/aromatic N) is 3. The summed E-state index contributed by atoms with van der Waals surface area (Å²) >= 11 is 1.58. The number of hydrogen-bond acceptors (Lipinski definition) is 6. The quantitative estimate of drug-likeness (QED) is 0.674. The summed E-state index contributed by atoms with van der Waals surface area (Å²) in [6.07, 6.45) is 2.17. The van der Waals surface area contributed by atoms with Gasteiger partial charge in [0, 0.05) is 11.3 Å². The molecular formula is C20H15N3O3S. The van der Waals surface area contributed by atoms with Crippen LogP contribution in [0.25, 0.3) is 0 Å². The first kappa shape index (κ1) is 17.1. The Hall–Kier alpha value is -3.37. The molecular weight excluding hydrogens is 362 g/mol. The van der Waals surface area contributed by atoms with Crippen molar-refractivity contribution in [2.75, 3.05) is 6.61 Å². The lowest BCUT2D eigenvalue weighted by Crippen LogP contribution is -2.31. The van der Waals surface area contributed by atoms with Crippen molar-refractivity contribution < 1.29 is 13.9 Å². The Morgan fingerprint density at radius 1 is 1.30 bits per heavy atom. The summed E-state index contributed by atoms with van der Waals surface area (Å²) in [6, 6.07) is 16.3. The summed E-state index contributed by atoms with van der Waals surface area (Å²) < 4.78 is 11.0. The molecule has 0 bridgehead atoms. The lowest BCUT2D eigenvalue weighted by molar-refractivity contribution is -0.135. The van der Waals surface area contributed by atoms with Gasteiger partial charge in [0.2, 0.25) is 0 Å². The molecule has 0 saturated heterocycles. The number of furan rings is 1. The Morgan fingerprint density at radius 3 is 2.93 bits per heavy atom. The fourth-order valence-corrected chi connectivity index (χ4v) is 3.74. The minimum atomic E-state index is -0.275. The van der Waals surface area contributed by atoms with E-state index in [0.29, 0.717) is 23.5 Å². The molecule has 1 aromatic carbocycles. The molecule has 0 radical (unpaired) electrons. The van der Waals surface area contributed by atoms with E-state index in [9.17, 15) is 4.79 Å². The first-order valence-corrected chi connectivity index (χ1v) is 9.23. The molecule has 7 heteroatoms. The van der Waals surface area contributed by atoms with Gasteiger partial charge in [0.05, 0.1) is 17.9 Å². The standard InChI is InChI=1S/C20H15N3O3S/c21-12-14-5-1-2-6-17(14)26-13-20(24)23-16(19-8-4-10-27-19)11-15(22-23)18-7-3-9-25-18/h1-10,16H,11,13H2. The number of hydrogen-bond donors (Lipinski definition) is 0. The number of ether oxygens (including phenoxy) is 1. The third kappa shape index (κ3) is 3.48. The molecule has 1 amide bonds. The Labute approximate surface area is 159 Å². The molecule has 1 atom stereocenters. The first-order valence-electron chi connectivity index (χ1n) is 8.35. The molecule has 2 aromatic heterocycles. The van der Waals surface area contributed by atoms with Gasteiger partial charge >= 0.3 is 0 Å². The molecule has 0 fully saturated rings. The highest BCUT2D eigenvalue weighted by Crippen LogP contribution is 2.35. The van der Waals surface area contributed by atoms with Crippen molar-refractivity contribution in [2.24, 2.45) is 5.10 Å². The lowest BCUT2D eigenvalue weighted by atomic mass is 10.1. The number of amides is 1. The molecule has 1 aliphatic heterocycles. The predicted octanol–water partition coefficient (Wildman–Crippen LogP) is 3.97. The van der Waals surface area contributed by atoms with E-state index in [0.717, 1.165) is 10.6 Å². The third-order valence-corrected chi connectivity index (χ3v) is 5.18. The number of carbonyl (C=O) groups is 1. The van der Waals surface area contributed by atoms with Gasteiger partial charge in [-0.15, -0.1) is 11.3 Å². The van der Waals surface area contributed by atoms with Gasteiger partial charge in [0.15, 0.2) is 6.61 Å². The number of benzene rings is 1. The van der Waals surface area contributed by atoms with Gasteiger partial charge in [0.1, 0.15) is 23.3 Å². The average Bonchev–Trinajstić information content (AvgIpc) is 3.46. The zero-order valence-electron chi connectivity index (χ0n) is 14.2. The highest BCUT2D eigenvalue weighted by Gasteiger charge is 2.34. The van der Waals surface area contributed by atoms with E-state index in [1.54, 1.807) is 47.9 Å². The van der Waals surface area contributed by atoms with Gasteiger partial charge in [-0.2, -0.15) is 10.4 Å². The number of hydrazone groups is 1. The highest BCUT2D eigenvalue weighted by molar-refractivity contribution is 7.10. The Kier molecular flexibility index (Phi) is 4.73. The topological polar surface area (TPSA) is 78.8 Å². The van der Waals surface area contributed by atoms with Crippen molar-refractivity contribution >= 4 is 23.0 Å². The number of thiophene rings is 1. The lowest BCUT2D eigenvalue weighted by Gasteiger charge is -2.20. The minimum absolute atomic E-state index is 0.188. The molecule has 1 aliphatic rings. The van der Waals surface area contributed by atoms with Gasteiger partial charge in [-0.3, -0.25) is 4.79 Å². The van der Waals surface area contributed by atoms with Gasteiger partial charge in [-0.05, 0) is 35.7 Å². The maximum absolute atomic E-state index is 12.8. The molecule has 4 rings (SSSR count). The van der Waals surface area contributed by atoms with Crippen LogP contribution in [0, 0.1) is 11.3 Å². The first-order chi connectivity index (χ1) is 13.3. The Morgan fingerprint density at radius 2 is 2.19 bits per heavy atom. The molecule has 27 heavy (non-hydrogen) atoms. The summed E-state index contributed by atoms with van der Waals surface area (Å²) in [7, 11) is 0. The molecule has 0 aliphatic carbocycles. The Bertz CT molecular complexity index is 1000. The van der Waals surface area contributed by atoms with Gasteiger partial charge in [-0.25, -0.2) is 5.01 Å². The average molecular weight is 377 g/mol. The number of carbonyl (C=O) groups excluding carboxylic acids is 1. The fourth-order valence-electron chi connectivity index (χ4n) is 2.92. The van der Waals surface area contributed by atoms with Crippen molar-refractivity contribution in [1.29, 1.82) is 5.26 Å². The fraction of sp³-hybridized carbons (Fsp3) is 0.150. The van der Waals surface area contributed by atoms with Crippen LogP contribution in [0.1, 0.15) is 28.7 Å². The highest BCUT2D eigenvalue weighted by atomic mass is 32.1. The van der Waals surface area contributed by atoms with E-state index in [4.69, 9.17) is 14.4 Å². The van der Waals surface area contributed by atoms with Gasteiger partial charge in [-0.1, -0.05) is 18.2 Å². The second-order valence-electron chi connectivity index (χ2n) is 5.89. The molecule has 0 saturated carbocycles. The number of nitriles is 1. The zero-order valence-corrected chi connectivity index (χ0v) is 15.1. The molecule has 1 unspecified atom stereocenters. The van der Waals surface area contributed by atoms with E-state index in [-0.39, 0.29) is 18.6 Å². The molecule has 0 N–H and O–H groups in total. The van der Waals surface area contributed by atoms with Crippen molar-refractivity contribution in [2.45, 2.75) is 12.5 Å². The van der Waals surface area contributed by atoms with Crippen LogP contribution >= 0.6 is 11.3 Å². The monoisotopic (exact) mass is 377 g/mol. The second-order valence-corrected chi connectivity index (χ2v) is 6.87. The molecule has 3 aromatic rings. The Balaban J connectivity index is 1.55. The van der Waals surface area contributed by atoms with Crippen molar-refractivity contribution in [3.8, 4) is 11.8 Å². The van der Waals surface area contributed by atoms with Gasteiger partial charge < -0.3 is 9.15 Å². The predicted molar refractivity (Wildman–Crippen MR) is 100 cm³/mol. The van der Waals surface area contributed by atoms with E-state index in [1.807, 2.05) is 23.6 Å². The van der Waals surface area contributed by atoms with Crippen LogP contribution in [-0.4, -0.2) is 23.2 Å². The summed E-state index contributed by atoms with van der Waals surface area (Å²) in [4.78, 5) is 13.9. The van der Waals surface area contributed by atoms with Crippen molar-refractivity contribution in [3.05, 3.63) is 76.4 Å². The SMILES string of the molecule is N#Cc1ccccc1OCC(=O)N1N=C(c2ccco2)CC1c1cccs1. The van der Waals surface area contributed by atoms with E-state index < -0.39 is 0 Å². The maximum atomic E-state index is 12.8. The normalized spacial score (nSPS) is 16.0. The van der Waals surface area contributed by atoms with Crippen LogP contribution in [0.5, 0.6) is 5.75 Å². The van der Waals surface area contributed by atoms with Crippen LogP contribution in [0.2, 0.25) is 0 Å². The minimum Gasteiger partial charge on any atom is -0.482 e. The second kappa shape index (κ2) is 7.48. The van der Waals surface area contributed by atoms with Crippen LogP contribution in [0.15, 0.2) is 69.7 Å². The van der Waals surface area contributed by atoms with E-state index >= 15 is 0 Å². The third-order valence-electron chi connectivity index (χ3n) is 4.20. The number of para-hydroxylation sites is 1. The van der Waals surface area contributed by atoms with E-state index in [2.05, 4.69) is 11.2 Å². The zero-order chi connectivity index (χ0) is 18.6. The summed E-state index contributed by atoms with van der Waals surface area (Å²) in [6.45, 7) is -0.199. The van der Waals surface area contributed by atoms with Crippen molar-refractivity contribution in [3.63, 3.8) is 0 Å². The van der Waals surface area contributed by atoms with Crippen LogP contribution in [-0.2, 0) is 4.79 Å².